The fourth-order valence-electron chi connectivity index (χ4n) is 6.82. The molecule has 0 atom stereocenters. The second kappa shape index (κ2) is 6.40. The maximum absolute atomic E-state index is 15.5. The quantitative estimate of drug-likeness (QED) is 0.722. The molecule has 2 aliphatic carbocycles. The minimum absolute atomic E-state index is 0.476. The SMILES string of the molecule is CCC1(CN2CC3(CCC(F)(CN4CC5(CCN(C)CC5)C4)CC3)C2)CC1. The minimum atomic E-state index is -0.903. The summed E-state index contributed by atoms with van der Waals surface area (Å²) < 4.78 is 15.5. The van der Waals surface area contributed by atoms with Crippen LogP contribution in [-0.2, 0) is 0 Å². The molecule has 0 aromatic rings. The van der Waals surface area contributed by atoms with Crippen molar-refractivity contribution in [2.75, 3.05) is 59.4 Å². The van der Waals surface area contributed by atoms with Crippen LogP contribution in [0.4, 0.5) is 4.39 Å². The summed E-state index contributed by atoms with van der Waals surface area (Å²) in [5, 5.41) is 0. The zero-order chi connectivity index (χ0) is 18.8. The molecule has 0 unspecified atom stereocenters. The lowest BCUT2D eigenvalue weighted by Gasteiger charge is -2.58. The van der Waals surface area contributed by atoms with Crippen LogP contribution in [0.25, 0.3) is 0 Å². The van der Waals surface area contributed by atoms with Crippen LogP contribution in [0.3, 0.4) is 0 Å². The molecule has 3 saturated heterocycles. The Morgan fingerprint density at radius 2 is 1.22 bits per heavy atom. The number of halogens is 1. The van der Waals surface area contributed by atoms with Gasteiger partial charge >= 0.3 is 0 Å². The fourth-order valence-corrected chi connectivity index (χ4v) is 6.82. The third-order valence-electron chi connectivity index (χ3n) is 9.26. The van der Waals surface area contributed by atoms with Gasteiger partial charge in [0.05, 0.1) is 0 Å². The predicted molar refractivity (Wildman–Crippen MR) is 109 cm³/mol. The molecule has 5 fully saturated rings. The maximum atomic E-state index is 15.5. The van der Waals surface area contributed by atoms with Crippen molar-refractivity contribution in [2.24, 2.45) is 16.2 Å². The van der Waals surface area contributed by atoms with Gasteiger partial charge in [-0.3, -0.25) is 4.90 Å². The second-order valence-electron chi connectivity index (χ2n) is 11.6. The molecule has 5 aliphatic rings. The van der Waals surface area contributed by atoms with Gasteiger partial charge < -0.3 is 9.80 Å². The van der Waals surface area contributed by atoms with Gasteiger partial charge in [-0.25, -0.2) is 4.39 Å². The Labute approximate surface area is 165 Å². The van der Waals surface area contributed by atoms with E-state index in [1.807, 2.05) is 0 Å². The average molecular weight is 378 g/mol. The summed E-state index contributed by atoms with van der Waals surface area (Å²) in [7, 11) is 2.23. The lowest BCUT2D eigenvalue weighted by molar-refractivity contribution is -0.104. The first-order chi connectivity index (χ1) is 12.9. The molecule has 4 heteroatoms. The van der Waals surface area contributed by atoms with Gasteiger partial charge in [0.25, 0.3) is 0 Å². The topological polar surface area (TPSA) is 9.72 Å². The first-order valence-electron chi connectivity index (χ1n) is 11.7. The lowest BCUT2D eigenvalue weighted by Crippen LogP contribution is -2.64. The van der Waals surface area contributed by atoms with E-state index < -0.39 is 5.67 Å². The van der Waals surface area contributed by atoms with Crippen LogP contribution in [0.2, 0.25) is 0 Å². The van der Waals surface area contributed by atoms with Crippen molar-refractivity contribution in [1.29, 1.82) is 0 Å². The summed E-state index contributed by atoms with van der Waals surface area (Å²) in [4.78, 5) is 7.56. The molecule has 0 N–H and O–H groups in total. The van der Waals surface area contributed by atoms with Crippen LogP contribution in [0.5, 0.6) is 0 Å². The molecule has 0 aromatic carbocycles. The summed E-state index contributed by atoms with van der Waals surface area (Å²) in [6, 6.07) is 0. The highest BCUT2D eigenvalue weighted by molar-refractivity contribution is 5.07. The van der Waals surface area contributed by atoms with E-state index in [9.17, 15) is 0 Å². The Hall–Kier alpha value is -0.190. The van der Waals surface area contributed by atoms with Crippen LogP contribution in [0.15, 0.2) is 0 Å². The molecule has 0 bridgehead atoms. The summed E-state index contributed by atoms with van der Waals surface area (Å²) in [5.41, 5.74) is 0.774. The molecule has 3 nitrogen and oxygen atoms in total. The molecular weight excluding hydrogens is 337 g/mol. The molecule has 2 saturated carbocycles. The number of alkyl halides is 1. The number of likely N-dealkylation sites (tertiary alicyclic amines) is 3. The van der Waals surface area contributed by atoms with E-state index in [0.29, 0.717) is 22.8 Å². The van der Waals surface area contributed by atoms with Gasteiger partial charge in [-0.15, -0.1) is 0 Å². The summed E-state index contributed by atoms with van der Waals surface area (Å²) in [5.74, 6) is 0. The molecule has 0 amide bonds. The van der Waals surface area contributed by atoms with E-state index in [2.05, 4.69) is 28.7 Å². The second-order valence-corrected chi connectivity index (χ2v) is 11.6. The van der Waals surface area contributed by atoms with E-state index >= 15 is 4.39 Å². The number of nitrogens with zero attached hydrogens (tertiary/aromatic N) is 3. The van der Waals surface area contributed by atoms with Gasteiger partial charge in [0.2, 0.25) is 0 Å². The zero-order valence-electron chi connectivity index (χ0n) is 17.7. The zero-order valence-corrected chi connectivity index (χ0v) is 17.7. The highest BCUT2D eigenvalue weighted by atomic mass is 19.1. The van der Waals surface area contributed by atoms with Crippen molar-refractivity contribution >= 4 is 0 Å². The van der Waals surface area contributed by atoms with Crippen LogP contribution in [-0.4, -0.2) is 79.8 Å². The van der Waals surface area contributed by atoms with Crippen molar-refractivity contribution in [3.05, 3.63) is 0 Å². The highest BCUT2D eigenvalue weighted by Crippen LogP contribution is 2.54. The molecule has 154 valence electrons. The standard InChI is InChI=1S/C23H40FN3/c1-3-20(4-5-20)14-26-15-21(16-26)6-8-23(24,9-7-21)19-27-17-22(18-27)10-12-25(2)13-11-22/h3-19H2,1-2H3. The average Bonchev–Trinajstić information content (AvgIpc) is 3.37. The predicted octanol–water partition coefficient (Wildman–Crippen LogP) is 3.79. The Morgan fingerprint density at radius 3 is 1.74 bits per heavy atom. The summed E-state index contributed by atoms with van der Waals surface area (Å²) in [6.45, 7) is 11.7. The van der Waals surface area contributed by atoms with Crippen LogP contribution in [0, 0.1) is 16.2 Å². The molecular formula is C23H40FN3. The maximum Gasteiger partial charge on any atom is 0.123 e. The summed E-state index contributed by atoms with van der Waals surface area (Å²) in [6.07, 6.45) is 10.7. The highest BCUT2D eigenvalue weighted by Gasteiger charge is 2.54. The van der Waals surface area contributed by atoms with Crippen molar-refractivity contribution in [2.45, 2.75) is 70.4 Å². The van der Waals surface area contributed by atoms with E-state index in [-0.39, 0.29) is 0 Å². The van der Waals surface area contributed by atoms with Crippen molar-refractivity contribution < 1.29 is 4.39 Å². The number of hydrogen-bond donors (Lipinski definition) is 0. The summed E-state index contributed by atoms with van der Waals surface area (Å²) >= 11 is 0. The smallest absolute Gasteiger partial charge is 0.123 e. The molecule has 0 aromatic heterocycles. The Bertz CT molecular complexity index is 540. The van der Waals surface area contributed by atoms with Gasteiger partial charge in [-0.2, -0.15) is 0 Å². The first-order valence-corrected chi connectivity index (χ1v) is 11.7. The molecule has 27 heavy (non-hydrogen) atoms. The van der Waals surface area contributed by atoms with Gasteiger partial charge in [-0.1, -0.05) is 6.92 Å². The van der Waals surface area contributed by atoms with Crippen molar-refractivity contribution in [3.63, 3.8) is 0 Å². The molecule has 3 aliphatic heterocycles. The number of rotatable bonds is 5. The Morgan fingerprint density at radius 1 is 0.704 bits per heavy atom. The van der Waals surface area contributed by atoms with Gasteiger partial charge in [-0.05, 0) is 94.2 Å². The number of hydrogen-bond acceptors (Lipinski definition) is 3. The molecule has 3 heterocycles. The van der Waals surface area contributed by atoms with Gasteiger partial charge in [0.1, 0.15) is 5.67 Å². The monoisotopic (exact) mass is 377 g/mol. The molecule has 5 rings (SSSR count). The van der Waals surface area contributed by atoms with E-state index in [1.165, 1.54) is 64.8 Å². The Balaban J connectivity index is 1.06. The largest absolute Gasteiger partial charge is 0.306 e. The van der Waals surface area contributed by atoms with E-state index in [4.69, 9.17) is 0 Å². The van der Waals surface area contributed by atoms with Crippen molar-refractivity contribution in [3.8, 4) is 0 Å². The fraction of sp³-hybridized carbons (Fsp3) is 1.00. The molecule has 2 spiro atoms. The third-order valence-corrected chi connectivity index (χ3v) is 9.26. The molecule has 0 radical (unpaired) electrons. The minimum Gasteiger partial charge on any atom is -0.306 e. The van der Waals surface area contributed by atoms with Crippen LogP contribution < -0.4 is 0 Å². The van der Waals surface area contributed by atoms with Gasteiger partial charge in [0, 0.05) is 39.3 Å². The normalized spacial score (nSPS) is 34.3. The van der Waals surface area contributed by atoms with Crippen LogP contribution in [0.1, 0.15) is 64.7 Å². The van der Waals surface area contributed by atoms with E-state index in [1.54, 1.807) is 0 Å². The van der Waals surface area contributed by atoms with Crippen LogP contribution >= 0.6 is 0 Å². The van der Waals surface area contributed by atoms with Gasteiger partial charge in [0.15, 0.2) is 0 Å². The Kier molecular flexibility index (Phi) is 4.46. The lowest BCUT2D eigenvalue weighted by atomic mass is 9.64. The third kappa shape index (κ3) is 3.59. The number of piperidine rings is 1. The first kappa shape index (κ1) is 18.8. The van der Waals surface area contributed by atoms with Crippen molar-refractivity contribution in [1.82, 2.24) is 14.7 Å². The van der Waals surface area contributed by atoms with E-state index in [0.717, 1.165) is 38.8 Å².